The molecule has 2 aromatic carbocycles. The lowest BCUT2D eigenvalue weighted by molar-refractivity contribution is 0.365. The highest BCUT2D eigenvalue weighted by molar-refractivity contribution is 6.32. The Hall–Kier alpha value is -2.27. The molecule has 0 unspecified atom stereocenters. The van der Waals surface area contributed by atoms with Crippen molar-refractivity contribution in [2.75, 3.05) is 12.4 Å². The molecule has 0 saturated heterocycles. The van der Waals surface area contributed by atoms with Gasteiger partial charge in [-0.25, -0.2) is 0 Å². The lowest BCUT2D eigenvalue weighted by Crippen LogP contribution is -2.00. The van der Waals surface area contributed by atoms with Crippen molar-refractivity contribution in [1.82, 2.24) is 0 Å². The van der Waals surface area contributed by atoms with Gasteiger partial charge in [-0.15, -0.1) is 0 Å². The molecule has 0 atom stereocenters. The zero-order valence-electron chi connectivity index (χ0n) is 10.7. The zero-order chi connectivity index (χ0) is 14.7. The van der Waals surface area contributed by atoms with Gasteiger partial charge >= 0.3 is 0 Å². The summed E-state index contributed by atoms with van der Waals surface area (Å²) in [7, 11) is 1.53. The van der Waals surface area contributed by atoms with Gasteiger partial charge in [0.2, 0.25) is 5.75 Å². The number of hydrogen-bond donors (Lipinski definition) is 4. The first-order valence-electron chi connectivity index (χ1n) is 5.83. The van der Waals surface area contributed by atoms with E-state index in [2.05, 4.69) is 5.32 Å². The fourth-order valence-electron chi connectivity index (χ4n) is 1.73. The predicted octanol–water partition coefficient (Wildman–Crippen LogP) is 3.08. The molecule has 0 bridgehead atoms. The summed E-state index contributed by atoms with van der Waals surface area (Å²) < 4.78 is 5.05. The summed E-state index contributed by atoms with van der Waals surface area (Å²) in [5, 5.41) is 31.9. The number of nitrogens with one attached hydrogen (secondary N) is 1. The molecule has 0 heterocycles. The van der Waals surface area contributed by atoms with Crippen molar-refractivity contribution >= 4 is 17.3 Å². The standard InChI is InChI=1S/C14H14ClNO4/c1-20-12-5-3-9(6-10(12)15)16-7-8-2-4-11(17)14(19)13(8)18/h2-6,16-19H,7H2,1H3. The van der Waals surface area contributed by atoms with Gasteiger partial charge in [0, 0.05) is 17.8 Å². The molecule has 0 saturated carbocycles. The molecule has 0 aliphatic heterocycles. The summed E-state index contributed by atoms with van der Waals surface area (Å²) in [5.74, 6) is -0.671. The molecular formula is C14H14ClNO4. The van der Waals surface area contributed by atoms with Gasteiger partial charge in [-0.1, -0.05) is 11.6 Å². The molecule has 0 aliphatic rings. The Labute approximate surface area is 121 Å². The highest BCUT2D eigenvalue weighted by Crippen LogP contribution is 2.37. The van der Waals surface area contributed by atoms with Crippen molar-refractivity contribution in [3.63, 3.8) is 0 Å². The normalized spacial score (nSPS) is 10.3. The molecule has 4 N–H and O–H groups in total. The van der Waals surface area contributed by atoms with Gasteiger partial charge in [0.25, 0.3) is 0 Å². The molecular weight excluding hydrogens is 282 g/mol. The number of halogens is 1. The topological polar surface area (TPSA) is 82.0 Å². The van der Waals surface area contributed by atoms with Crippen molar-refractivity contribution in [2.24, 2.45) is 0 Å². The van der Waals surface area contributed by atoms with E-state index in [1.807, 2.05) is 0 Å². The number of benzene rings is 2. The van der Waals surface area contributed by atoms with Crippen LogP contribution in [0.3, 0.4) is 0 Å². The fraction of sp³-hybridized carbons (Fsp3) is 0.143. The number of methoxy groups -OCH3 is 1. The smallest absolute Gasteiger partial charge is 0.200 e. The van der Waals surface area contributed by atoms with Gasteiger partial charge in [-0.2, -0.15) is 0 Å². The van der Waals surface area contributed by atoms with E-state index in [-0.39, 0.29) is 18.0 Å². The minimum Gasteiger partial charge on any atom is -0.504 e. The van der Waals surface area contributed by atoms with Gasteiger partial charge in [-0.05, 0) is 30.3 Å². The summed E-state index contributed by atoms with van der Waals surface area (Å²) in [4.78, 5) is 0. The van der Waals surface area contributed by atoms with E-state index in [4.69, 9.17) is 16.3 Å². The third-order valence-electron chi connectivity index (χ3n) is 2.85. The summed E-state index contributed by atoms with van der Waals surface area (Å²) >= 11 is 6.00. The van der Waals surface area contributed by atoms with E-state index in [9.17, 15) is 15.3 Å². The maximum atomic E-state index is 9.70. The molecule has 0 amide bonds. The lowest BCUT2D eigenvalue weighted by Gasteiger charge is -2.11. The third-order valence-corrected chi connectivity index (χ3v) is 3.14. The van der Waals surface area contributed by atoms with Gasteiger partial charge in [0.1, 0.15) is 5.75 Å². The highest BCUT2D eigenvalue weighted by Gasteiger charge is 2.11. The quantitative estimate of drug-likeness (QED) is 0.652. The van der Waals surface area contributed by atoms with Crippen LogP contribution in [0.15, 0.2) is 30.3 Å². The van der Waals surface area contributed by atoms with Gasteiger partial charge in [0.05, 0.1) is 12.1 Å². The molecule has 106 valence electrons. The fourth-order valence-corrected chi connectivity index (χ4v) is 1.98. The van der Waals surface area contributed by atoms with Crippen LogP contribution in [-0.4, -0.2) is 22.4 Å². The van der Waals surface area contributed by atoms with Crippen LogP contribution in [0, 0.1) is 0 Å². The van der Waals surface area contributed by atoms with Crippen LogP contribution in [0.5, 0.6) is 23.0 Å². The number of anilines is 1. The highest BCUT2D eigenvalue weighted by atomic mass is 35.5. The van der Waals surface area contributed by atoms with Crippen LogP contribution >= 0.6 is 11.6 Å². The average molecular weight is 296 g/mol. The molecule has 0 spiro atoms. The van der Waals surface area contributed by atoms with Crippen LogP contribution in [0.1, 0.15) is 5.56 Å². The van der Waals surface area contributed by atoms with E-state index in [0.29, 0.717) is 16.3 Å². The molecule has 0 aliphatic carbocycles. The first kappa shape index (κ1) is 14.1. The van der Waals surface area contributed by atoms with E-state index in [1.165, 1.54) is 19.2 Å². The van der Waals surface area contributed by atoms with Crippen molar-refractivity contribution in [3.05, 3.63) is 40.9 Å². The summed E-state index contributed by atoms with van der Waals surface area (Å²) in [5.41, 5.74) is 1.19. The van der Waals surface area contributed by atoms with Crippen LogP contribution in [0.25, 0.3) is 0 Å². The Balaban J connectivity index is 2.13. The summed E-state index contributed by atoms with van der Waals surface area (Å²) in [6.07, 6.45) is 0. The van der Waals surface area contributed by atoms with E-state index in [1.54, 1.807) is 18.2 Å². The zero-order valence-corrected chi connectivity index (χ0v) is 11.5. The Kier molecular flexibility index (Phi) is 4.10. The maximum absolute atomic E-state index is 9.70. The molecule has 5 nitrogen and oxygen atoms in total. The first-order valence-corrected chi connectivity index (χ1v) is 6.21. The van der Waals surface area contributed by atoms with Gasteiger partial charge in [0.15, 0.2) is 11.5 Å². The number of ether oxygens (including phenoxy) is 1. The average Bonchev–Trinajstić information content (AvgIpc) is 2.44. The van der Waals surface area contributed by atoms with E-state index < -0.39 is 5.75 Å². The SMILES string of the molecule is COc1ccc(NCc2ccc(O)c(O)c2O)cc1Cl. The Morgan fingerprint density at radius 3 is 2.50 bits per heavy atom. The van der Waals surface area contributed by atoms with Crippen LogP contribution in [-0.2, 0) is 6.54 Å². The van der Waals surface area contributed by atoms with Crippen molar-refractivity contribution in [1.29, 1.82) is 0 Å². The predicted molar refractivity (Wildman–Crippen MR) is 76.8 cm³/mol. The third kappa shape index (κ3) is 2.83. The number of phenolic OH excluding ortho intramolecular Hbond substituents is 3. The van der Waals surface area contributed by atoms with Gasteiger partial charge in [-0.3, -0.25) is 0 Å². The largest absolute Gasteiger partial charge is 0.504 e. The number of phenols is 3. The number of rotatable bonds is 4. The van der Waals surface area contributed by atoms with Crippen LogP contribution < -0.4 is 10.1 Å². The van der Waals surface area contributed by atoms with Crippen molar-refractivity contribution in [3.8, 4) is 23.0 Å². The van der Waals surface area contributed by atoms with Crippen LogP contribution in [0.2, 0.25) is 5.02 Å². The second-order valence-electron chi connectivity index (χ2n) is 4.14. The molecule has 20 heavy (non-hydrogen) atoms. The molecule has 2 aromatic rings. The Morgan fingerprint density at radius 1 is 1.10 bits per heavy atom. The second kappa shape index (κ2) is 5.79. The molecule has 0 aromatic heterocycles. The molecule has 2 rings (SSSR count). The van der Waals surface area contributed by atoms with E-state index >= 15 is 0 Å². The Bertz CT molecular complexity index is 631. The number of hydrogen-bond acceptors (Lipinski definition) is 5. The molecule has 0 fully saturated rings. The summed E-state index contributed by atoms with van der Waals surface area (Å²) in [6.45, 7) is 0.266. The summed E-state index contributed by atoms with van der Waals surface area (Å²) in [6, 6.07) is 8.02. The van der Waals surface area contributed by atoms with Gasteiger partial charge < -0.3 is 25.4 Å². The maximum Gasteiger partial charge on any atom is 0.200 e. The number of aromatic hydroxyl groups is 3. The molecule has 0 radical (unpaired) electrons. The minimum absolute atomic E-state index is 0.266. The van der Waals surface area contributed by atoms with Crippen molar-refractivity contribution in [2.45, 2.75) is 6.54 Å². The monoisotopic (exact) mass is 295 g/mol. The second-order valence-corrected chi connectivity index (χ2v) is 4.55. The lowest BCUT2D eigenvalue weighted by atomic mass is 10.1. The Morgan fingerprint density at radius 2 is 1.85 bits per heavy atom. The molecule has 6 heteroatoms. The minimum atomic E-state index is -0.530. The van der Waals surface area contributed by atoms with E-state index in [0.717, 1.165) is 5.69 Å². The van der Waals surface area contributed by atoms with Crippen molar-refractivity contribution < 1.29 is 20.1 Å². The van der Waals surface area contributed by atoms with Crippen LogP contribution in [0.4, 0.5) is 5.69 Å². The first-order chi connectivity index (χ1) is 9.52.